The Labute approximate surface area is 157 Å². The number of hydrogen-bond donors (Lipinski definition) is 1. The second-order valence-corrected chi connectivity index (χ2v) is 5.98. The lowest BCUT2D eigenvalue weighted by molar-refractivity contribution is 0.372. The summed E-state index contributed by atoms with van der Waals surface area (Å²) in [6.07, 6.45) is 3.28. The van der Waals surface area contributed by atoms with Crippen LogP contribution >= 0.6 is 35.3 Å². The van der Waals surface area contributed by atoms with Gasteiger partial charge in [-0.3, -0.25) is 9.67 Å². The van der Waals surface area contributed by atoms with Gasteiger partial charge in [0.25, 0.3) is 0 Å². The van der Waals surface area contributed by atoms with Crippen molar-refractivity contribution in [3.05, 3.63) is 30.2 Å². The van der Waals surface area contributed by atoms with Gasteiger partial charge in [-0.2, -0.15) is 5.10 Å². The van der Waals surface area contributed by atoms with Crippen molar-refractivity contribution in [3.63, 3.8) is 0 Å². The summed E-state index contributed by atoms with van der Waals surface area (Å²) in [7, 11) is 1.84. The fourth-order valence-corrected chi connectivity index (χ4v) is 3.34. The highest BCUT2D eigenvalue weighted by atomic mass is 127. The van der Waals surface area contributed by atoms with Crippen LogP contribution in [0.15, 0.2) is 35.2 Å². The van der Waals surface area contributed by atoms with E-state index in [1.54, 1.807) is 24.0 Å². The lowest BCUT2D eigenvalue weighted by Gasteiger charge is -2.37. The number of anilines is 1. The van der Waals surface area contributed by atoms with Gasteiger partial charge in [0.15, 0.2) is 5.96 Å². The Morgan fingerprint density at radius 3 is 2.78 bits per heavy atom. The van der Waals surface area contributed by atoms with Crippen LogP contribution in [0.25, 0.3) is 0 Å². The fraction of sp³-hybridized carbons (Fsp3) is 0.500. The van der Waals surface area contributed by atoms with Gasteiger partial charge in [-0.25, -0.2) is 4.98 Å². The minimum atomic E-state index is 0. The van der Waals surface area contributed by atoms with Crippen molar-refractivity contribution in [2.24, 2.45) is 4.99 Å². The lowest BCUT2D eigenvalue weighted by Crippen LogP contribution is -2.52. The molecule has 0 amide bonds. The first-order chi connectivity index (χ1) is 10.9. The van der Waals surface area contributed by atoms with Gasteiger partial charge in [-0.05, 0) is 17.5 Å². The summed E-state index contributed by atoms with van der Waals surface area (Å²) in [6.45, 7) is 5.62. The third-order valence-electron chi connectivity index (χ3n) is 3.70. The van der Waals surface area contributed by atoms with Crippen molar-refractivity contribution < 1.29 is 0 Å². The van der Waals surface area contributed by atoms with Crippen LogP contribution in [0.3, 0.4) is 0 Å². The van der Waals surface area contributed by atoms with E-state index in [1.165, 1.54) is 5.00 Å². The highest BCUT2D eigenvalue weighted by Gasteiger charge is 2.19. The van der Waals surface area contributed by atoms with E-state index in [9.17, 15) is 0 Å². The van der Waals surface area contributed by atoms with Crippen LogP contribution in [0.2, 0.25) is 0 Å². The summed E-state index contributed by atoms with van der Waals surface area (Å²) >= 11 is 1.80. The molecule has 0 spiro atoms. The number of rotatable bonds is 4. The maximum atomic E-state index is 4.39. The quantitative estimate of drug-likeness (QED) is 0.436. The Balaban J connectivity index is 0.00000192. The van der Waals surface area contributed by atoms with Crippen LogP contribution in [0.1, 0.15) is 0 Å². The predicted molar refractivity (Wildman–Crippen MR) is 105 cm³/mol. The van der Waals surface area contributed by atoms with Crippen molar-refractivity contribution in [1.82, 2.24) is 25.0 Å². The average Bonchev–Trinajstić information content (AvgIpc) is 3.25. The predicted octanol–water partition coefficient (Wildman–Crippen LogP) is 1.36. The normalized spacial score (nSPS) is 15.4. The summed E-state index contributed by atoms with van der Waals surface area (Å²) in [6, 6.07) is 4.29. The Kier molecular flexibility index (Phi) is 7.09. The molecule has 0 saturated carbocycles. The number of halogens is 1. The fourth-order valence-electron chi connectivity index (χ4n) is 2.55. The molecule has 1 aliphatic heterocycles. The maximum Gasteiger partial charge on any atom is 0.193 e. The van der Waals surface area contributed by atoms with Crippen LogP contribution in [-0.4, -0.2) is 65.4 Å². The minimum absolute atomic E-state index is 0. The number of nitrogens with zero attached hydrogens (tertiary/aromatic N) is 6. The summed E-state index contributed by atoms with van der Waals surface area (Å²) in [5.41, 5.74) is 0. The van der Waals surface area contributed by atoms with Gasteiger partial charge in [0.2, 0.25) is 0 Å². The molecule has 1 saturated heterocycles. The Morgan fingerprint density at radius 1 is 1.35 bits per heavy atom. The van der Waals surface area contributed by atoms with Gasteiger partial charge in [0.05, 0.1) is 11.5 Å². The lowest BCUT2D eigenvalue weighted by atomic mass is 10.3. The van der Waals surface area contributed by atoms with Crippen LogP contribution < -0.4 is 10.2 Å². The van der Waals surface area contributed by atoms with Gasteiger partial charge in [-0.1, -0.05) is 0 Å². The largest absolute Gasteiger partial charge is 0.360 e. The summed E-state index contributed by atoms with van der Waals surface area (Å²) in [5.74, 6) is 0.964. The highest BCUT2D eigenvalue weighted by Crippen LogP contribution is 2.22. The Hall–Kier alpha value is -1.36. The second kappa shape index (κ2) is 9.06. The van der Waals surface area contributed by atoms with Crippen molar-refractivity contribution in [2.45, 2.75) is 6.54 Å². The molecule has 3 heterocycles. The number of hydrogen-bond acceptors (Lipinski definition) is 5. The van der Waals surface area contributed by atoms with Crippen LogP contribution in [0.5, 0.6) is 0 Å². The maximum absolute atomic E-state index is 4.39. The molecule has 126 valence electrons. The van der Waals surface area contributed by atoms with E-state index >= 15 is 0 Å². The first kappa shape index (κ1) is 18.0. The molecular formula is C14H22IN7S. The van der Waals surface area contributed by atoms with E-state index in [-0.39, 0.29) is 24.0 Å². The van der Waals surface area contributed by atoms with E-state index in [1.807, 2.05) is 11.7 Å². The van der Waals surface area contributed by atoms with Crippen molar-refractivity contribution in [3.8, 4) is 0 Å². The zero-order chi connectivity index (χ0) is 15.2. The Morgan fingerprint density at radius 2 is 2.17 bits per heavy atom. The topological polar surface area (TPSA) is 61.6 Å². The molecule has 0 aliphatic carbocycles. The summed E-state index contributed by atoms with van der Waals surface area (Å²) in [4.78, 5) is 13.1. The van der Waals surface area contributed by atoms with E-state index in [2.05, 4.69) is 47.7 Å². The molecule has 1 N–H and O–H groups in total. The van der Waals surface area contributed by atoms with Gasteiger partial charge in [-0.15, -0.1) is 35.3 Å². The van der Waals surface area contributed by atoms with Crippen LogP contribution in [-0.2, 0) is 6.54 Å². The average molecular weight is 447 g/mol. The molecule has 0 atom stereocenters. The number of thiophene rings is 1. The molecule has 0 bridgehead atoms. The van der Waals surface area contributed by atoms with E-state index in [0.29, 0.717) is 0 Å². The molecule has 9 heteroatoms. The first-order valence-corrected chi connectivity index (χ1v) is 8.31. The van der Waals surface area contributed by atoms with Gasteiger partial charge in [0.1, 0.15) is 12.7 Å². The first-order valence-electron chi connectivity index (χ1n) is 7.43. The molecule has 23 heavy (non-hydrogen) atoms. The zero-order valence-corrected chi connectivity index (χ0v) is 16.3. The minimum Gasteiger partial charge on any atom is -0.360 e. The van der Waals surface area contributed by atoms with Crippen LogP contribution in [0.4, 0.5) is 5.00 Å². The standard InChI is InChI=1S/C14H21N7S.HI/c1-15-14(17-4-5-21-12-16-11-18-21)20-8-6-19(7-9-20)13-3-2-10-22-13;/h2-3,10-12H,4-9H2,1H3,(H,15,17);1H. The SMILES string of the molecule is CN=C(NCCn1cncn1)N1CCN(c2cccs2)CC1.I. The molecular weight excluding hydrogens is 425 g/mol. The van der Waals surface area contributed by atoms with Gasteiger partial charge < -0.3 is 15.1 Å². The molecule has 2 aromatic rings. The van der Waals surface area contributed by atoms with Gasteiger partial charge in [0, 0.05) is 39.8 Å². The monoisotopic (exact) mass is 447 g/mol. The third kappa shape index (κ3) is 4.80. The molecule has 0 radical (unpaired) electrons. The summed E-state index contributed by atoms with van der Waals surface area (Å²) < 4.78 is 1.81. The van der Waals surface area contributed by atoms with Crippen molar-refractivity contribution >= 4 is 46.3 Å². The molecule has 1 fully saturated rings. The Bertz CT molecular complexity index is 576. The third-order valence-corrected chi connectivity index (χ3v) is 4.63. The molecule has 1 aliphatic rings. The number of nitrogens with one attached hydrogen (secondary N) is 1. The zero-order valence-electron chi connectivity index (χ0n) is 13.1. The number of aliphatic imine (C=N–C) groups is 1. The molecule has 3 rings (SSSR count). The molecule has 0 aromatic carbocycles. The highest BCUT2D eigenvalue weighted by molar-refractivity contribution is 14.0. The van der Waals surface area contributed by atoms with Crippen LogP contribution in [0, 0.1) is 0 Å². The molecule has 7 nitrogen and oxygen atoms in total. The van der Waals surface area contributed by atoms with Crippen molar-refractivity contribution in [1.29, 1.82) is 0 Å². The summed E-state index contributed by atoms with van der Waals surface area (Å²) in [5, 5.41) is 11.0. The smallest absolute Gasteiger partial charge is 0.193 e. The number of piperazine rings is 1. The van der Waals surface area contributed by atoms with E-state index in [4.69, 9.17) is 0 Å². The van der Waals surface area contributed by atoms with Crippen molar-refractivity contribution in [2.75, 3.05) is 44.7 Å². The number of guanidine groups is 1. The number of aromatic nitrogens is 3. The molecule has 2 aromatic heterocycles. The molecule has 0 unspecified atom stereocenters. The second-order valence-electron chi connectivity index (χ2n) is 5.06. The van der Waals surface area contributed by atoms with Gasteiger partial charge >= 0.3 is 0 Å². The van der Waals surface area contributed by atoms with E-state index in [0.717, 1.165) is 45.2 Å². The van der Waals surface area contributed by atoms with E-state index < -0.39 is 0 Å².